The number of rotatable bonds is 5. The Labute approximate surface area is 212 Å². The number of dihydropyridines is 1. The third-order valence-corrected chi connectivity index (χ3v) is 7.02. The SMILES string of the molecule is COc1cc(C2C(C(=O)Nc3ccc(F)cc3)=C(C)NC3=C2C(=O)CC(C)(C)C3)c(OC)cc1Br. The fourth-order valence-electron chi connectivity index (χ4n) is 4.89. The third kappa shape index (κ3) is 4.85. The van der Waals surface area contributed by atoms with Gasteiger partial charge in [0.25, 0.3) is 5.91 Å². The van der Waals surface area contributed by atoms with Crippen LogP contribution in [0, 0.1) is 11.2 Å². The number of methoxy groups -OCH3 is 2. The molecule has 0 bridgehead atoms. The molecule has 35 heavy (non-hydrogen) atoms. The molecule has 2 N–H and O–H groups in total. The first-order chi connectivity index (χ1) is 16.5. The van der Waals surface area contributed by atoms with Gasteiger partial charge < -0.3 is 20.1 Å². The second kappa shape index (κ2) is 9.49. The number of anilines is 1. The molecule has 1 amide bonds. The quantitative estimate of drug-likeness (QED) is 0.495. The largest absolute Gasteiger partial charge is 0.496 e. The predicted molar refractivity (Wildman–Crippen MR) is 136 cm³/mol. The van der Waals surface area contributed by atoms with E-state index in [0.29, 0.717) is 56.9 Å². The lowest BCUT2D eigenvalue weighted by molar-refractivity contribution is -0.118. The summed E-state index contributed by atoms with van der Waals surface area (Å²) < 4.78 is 25.3. The second-order valence-corrected chi connectivity index (χ2v) is 10.5. The minimum Gasteiger partial charge on any atom is -0.496 e. The molecule has 0 aromatic heterocycles. The van der Waals surface area contributed by atoms with E-state index in [9.17, 15) is 14.0 Å². The van der Waals surface area contributed by atoms with Gasteiger partial charge in [-0.3, -0.25) is 9.59 Å². The van der Waals surface area contributed by atoms with Crippen molar-refractivity contribution in [2.75, 3.05) is 19.5 Å². The van der Waals surface area contributed by atoms with Crippen molar-refractivity contribution < 1.29 is 23.5 Å². The van der Waals surface area contributed by atoms with E-state index < -0.39 is 11.7 Å². The normalized spacial score (nSPS) is 19.2. The Morgan fingerprint density at radius 1 is 1.11 bits per heavy atom. The number of ketones is 1. The van der Waals surface area contributed by atoms with E-state index in [2.05, 4.69) is 40.4 Å². The van der Waals surface area contributed by atoms with Crippen molar-refractivity contribution in [1.82, 2.24) is 5.32 Å². The van der Waals surface area contributed by atoms with Crippen LogP contribution in [0.3, 0.4) is 0 Å². The van der Waals surface area contributed by atoms with E-state index in [1.54, 1.807) is 26.4 Å². The molecule has 1 unspecified atom stereocenters. The Morgan fingerprint density at radius 3 is 2.40 bits per heavy atom. The Hall–Kier alpha value is -3.13. The maximum absolute atomic E-state index is 13.7. The van der Waals surface area contributed by atoms with Crippen LogP contribution in [-0.2, 0) is 9.59 Å². The van der Waals surface area contributed by atoms with Gasteiger partial charge in [-0.25, -0.2) is 4.39 Å². The van der Waals surface area contributed by atoms with Crippen LogP contribution in [0.15, 0.2) is 63.4 Å². The van der Waals surface area contributed by atoms with E-state index in [1.165, 1.54) is 24.3 Å². The summed E-state index contributed by atoms with van der Waals surface area (Å²) in [4.78, 5) is 27.2. The molecule has 184 valence electrons. The lowest BCUT2D eigenvalue weighted by Gasteiger charge is -2.40. The number of allylic oxidation sites excluding steroid dienone is 3. The van der Waals surface area contributed by atoms with Crippen LogP contribution in [0.25, 0.3) is 0 Å². The minimum absolute atomic E-state index is 0.0164. The highest BCUT2D eigenvalue weighted by Crippen LogP contribution is 2.50. The van der Waals surface area contributed by atoms with Gasteiger partial charge in [0, 0.05) is 40.2 Å². The van der Waals surface area contributed by atoms with Gasteiger partial charge in [0.05, 0.1) is 24.6 Å². The lowest BCUT2D eigenvalue weighted by Crippen LogP contribution is -2.39. The number of ether oxygens (including phenoxy) is 2. The minimum atomic E-state index is -0.674. The van der Waals surface area contributed by atoms with Crippen molar-refractivity contribution in [2.24, 2.45) is 5.41 Å². The van der Waals surface area contributed by atoms with E-state index >= 15 is 0 Å². The average Bonchev–Trinajstić information content (AvgIpc) is 2.78. The maximum atomic E-state index is 13.7. The molecule has 1 heterocycles. The van der Waals surface area contributed by atoms with Crippen molar-refractivity contribution in [3.8, 4) is 11.5 Å². The van der Waals surface area contributed by atoms with Crippen LogP contribution < -0.4 is 20.1 Å². The zero-order chi connectivity index (χ0) is 25.5. The van der Waals surface area contributed by atoms with E-state index in [1.807, 2.05) is 6.92 Å². The van der Waals surface area contributed by atoms with Gasteiger partial charge >= 0.3 is 0 Å². The number of nitrogens with one attached hydrogen (secondary N) is 2. The molecule has 8 heteroatoms. The highest BCUT2D eigenvalue weighted by atomic mass is 79.9. The fraction of sp³-hybridized carbons (Fsp3) is 0.333. The van der Waals surface area contributed by atoms with Crippen molar-refractivity contribution in [3.05, 3.63) is 74.8 Å². The Morgan fingerprint density at radius 2 is 1.77 bits per heavy atom. The first-order valence-corrected chi connectivity index (χ1v) is 12.1. The molecular formula is C27H28BrFN2O4. The van der Waals surface area contributed by atoms with Crippen molar-refractivity contribution in [3.63, 3.8) is 0 Å². The number of benzene rings is 2. The summed E-state index contributed by atoms with van der Waals surface area (Å²) in [7, 11) is 3.11. The number of hydrogen-bond acceptors (Lipinski definition) is 5. The van der Waals surface area contributed by atoms with E-state index in [-0.39, 0.29) is 17.1 Å². The summed E-state index contributed by atoms with van der Waals surface area (Å²) >= 11 is 3.49. The van der Waals surface area contributed by atoms with Gasteiger partial charge in [0.15, 0.2) is 5.78 Å². The second-order valence-electron chi connectivity index (χ2n) is 9.62. The monoisotopic (exact) mass is 542 g/mol. The zero-order valence-electron chi connectivity index (χ0n) is 20.3. The number of hydrogen-bond donors (Lipinski definition) is 2. The number of carbonyl (C=O) groups is 2. The molecule has 1 aliphatic carbocycles. The predicted octanol–water partition coefficient (Wildman–Crippen LogP) is 5.85. The molecule has 0 spiro atoms. The van der Waals surface area contributed by atoms with Crippen LogP contribution >= 0.6 is 15.9 Å². The molecule has 0 radical (unpaired) electrons. The summed E-state index contributed by atoms with van der Waals surface area (Å²) in [6, 6.07) is 9.13. The molecule has 1 atom stereocenters. The highest BCUT2D eigenvalue weighted by Gasteiger charge is 2.43. The van der Waals surface area contributed by atoms with Crippen LogP contribution in [0.2, 0.25) is 0 Å². The summed E-state index contributed by atoms with van der Waals surface area (Å²) in [6.45, 7) is 5.94. The average molecular weight is 543 g/mol. The Bertz CT molecular complexity index is 1260. The lowest BCUT2D eigenvalue weighted by atomic mass is 9.68. The molecular weight excluding hydrogens is 515 g/mol. The van der Waals surface area contributed by atoms with E-state index in [0.717, 1.165) is 5.70 Å². The Kier molecular flexibility index (Phi) is 6.77. The van der Waals surface area contributed by atoms with Gasteiger partial charge in [-0.2, -0.15) is 0 Å². The molecule has 2 aliphatic rings. The van der Waals surface area contributed by atoms with Crippen molar-refractivity contribution in [2.45, 2.75) is 39.5 Å². The number of amides is 1. The van der Waals surface area contributed by atoms with E-state index in [4.69, 9.17) is 9.47 Å². The topological polar surface area (TPSA) is 76.7 Å². The molecule has 2 aromatic carbocycles. The number of Topliss-reactive ketones (excluding diaryl/α,β-unsaturated/α-hetero) is 1. The molecule has 0 saturated carbocycles. The highest BCUT2D eigenvalue weighted by molar-refractivity contribution is 9.10. The van der Waals surface area contributed by atoms with Gasteiger partial charge in [0.1, 0.15) is 17.3 Å². The van der Waals surface area contributed by atoms with Gasteiger partial charge in [-0.1, -0.05) is 13.8 Å². The van der Waals surface area contributed by atoms with Crippen LogP contribution in [0.1, 0.15) is 45.1 Å². The number of carbonyl (C=O) groups excluding carboxylic acids is 2. The summed E-state index contributed by atoms with van der Waals surface area (Å²) in [5, 5.41) is 6.20. The van der Waals surface area contributed by atoms with Crippen molar-refractivity contribution >= 4 is 33.3 Å². The van der Waals surface area contributed by atoms with Crippen LogP contribution in [-0.4, -0.2) is 25.9 Å². The van der Waals surface area contributed by atoms with Gasteiger partial charge in [-0.05, 0) is 71.1 Å². The zero-order valence-corrected chi connectivity index (χ0v) is 21.9. The molecule has 1 aliphatic heterocycles. The standard InChI is InChI=1S/C27H28BrFN2O4/c1-14-23(26(33)31-16-8-6-15(29)7-9-16)24(17-10-22(35-5)18(28)11-21(17)34-4)25-19(30-14)12-27(2,3)13-20(25)32/h6-11,24,30H,12-13H2,1-5H3,(H,31,33). The van der Waals surface area contributed by atoms with Crippen molar-refractivity contribution in [1.29, 1.82) is 0 Å². The van der Waals surface area contributed by atoms with Crippen LogP contribution in [0.5, 0.6) is 11.5 Å². The molecule has 0 saturated heterocycles. The molecule has 0 fully saturated rings. The molecule has 4 rings (SSSR count). The first kappa shape index (κ1) is 25.0. The summed E-state index contributed by atoms with van der Waals surface area (Å²) in [5.74, 6) is -0.397. The molecule has 2 aromatic rings. The van der Waals surface area contributed by atoms with Crippen LogP contribution in [0.4, 0.5) is 10.1 Å². The smallest absolute Gasteiger partial charge is 0.254 e. The Balaban J connectivity index is 1.90. The first-order valence-electron chi connectivity index (χ1n) is 11.3. The molecule has 6 nitrogen and oxygen atoms in total. The maximum Gasteiger partial charge on any atom is 0.254 e. The van der Waals surface area contributed by atoms with Gasteiger partial charge in [0.2, 0.25) is 0 Å². The summed E-state index contributed by atoms with van der Waals surface area (Å²) in [5.41, 5.74) is 3.30. The fourth-order valence-corrected chi connectivity index (χ4v) is 5.37. The number of halogens is 2. The van der Waals surface area contributed by atoms with Gasteiger partial charge in [-0.15, -0.1) is 0 Å². The third-order valence-electron chi connectivity index (χ3n) is 6.40. The summed E-state index contributed by atoms with van der Waals surface area (Å²) in [6.07, 6.45) is 1.04.